The average molecular weight is 348 g/mol. The SMILES string of the molecule is O=S(=C1CCCC1)(c1cccc2c1CCNC2)N1CCCNCC1. The van der Waals surface area contributed by atoms with Gasteiger partial charge in [0.15, 0.2) is 0 Å². The van der Waals surface area contributed by atoms with Crippen LogP contribution in [0.25, 0.3) is 0 Å². The smallest absolute Gasteiger partial charge is 0.0622 e. The predicted molar refractivity (Wildman–Crippen MR) is 101 cm³/mol. The maximum Gasteiger partial charge on any atom is 0.0622 e. The summed E-state index contributed by atoms with van der Waals surface area (Å²) in [5.41, 5.74) is 2.70. The van der Waals surface area contributed by atoms with Gasteiger partial charge < -0.3 is 10.6 Å². The number of hydrogen-bond acceptors (Lipinski definition) is 3. The van der Waals surface area contributed by atoms with E-state index in [1.54, 1.807) is 0 Å². The number of rotatable bonds is 2. The van der Waals surface area contributed by atoms with Gasteiger partial charge in [-0.2, -0.15) is 0 Å². The lowest BCUT2D eigenvalue weighted by molar-refractivity contribution is 0.467. The molecular weight excluding hydrogens is 318 g/mol. The molecular formula is C19H29N3OS. The lowest BCUT2D eigenvalue weighted by Crippen LogP contribution is -2.39. The van der Waals surface area contributed by atoms with Crippen molar-refractivity contribution in [3.8, 4) is 0 Å². The van der Waals surface area contributed by atoms with Crippen LogP contribution in [0.3, 0.4) is 0 Å². The molecule has 2 fully saturated rings. The molecule has 0 aromatic heterocycles. The minimum atomic E-state index is -2.23. The highest BCUT2D eigenvalue weighted by Gasteiger charge is 2.30. The molecule has 3 aliphatic rings. The third-order valence-corrected chi connectivity index (χ3v) is 8.87. The Morgan fingerprint density at radius 1 is 0.917 bits per heavy atom. The molecule has 1 aliphatic carbocycles. The van der Waals surface area contributed by atoms with Gasteiger partial charge in [-0.1, -0.05) is 12.1 Å². The van der Waals surface area contributed by atoms with E-state index in [1.165, 1.54) is 28.8 Å². The summed E-state index contributed by atoms with van der Waals surface area (Å²) in [6, 6.07) is 6.48. The monoisotopic (exact) mass is 347 g/mol. The van der Waals surface area contributed by atoms with Crippen molar-refractivity contribution >= 4 is 14.6 Å². The highest BCUT2D eigenvalue weighted by atomic mass is 32.2. The second-order valence-corrected chi connectivity index (χ2v) is 9.71. The highest BCUT2D eigenvalue weighted by molar-refractivity contribution is 8.00. The first kappa shape index (κ1) is 16.6. The summed E-state index contributed by atoms with van der Waals surface area (Å²) in [4.78, 5) is 2.46. The fourth-order valence-corrected chi connectivity index (χ4v) is 7.72. The van der Waals surface area contributed by atoms with Gasteiger partial charge in [0.1, 0.15) is 0 Å². The van der Waals surface area contributed by atoms with Gasteiger partial charge in [0, 0.05) is 35.9 Å². The quantitative estimate of drug-likeness (QED) is 0.804. The maximum atomic E-state index is 14.6. The molecule has 1 aromatic rings. The number of hydrogen-bond donors (Lipinski definition) is 2. The van der Waals surface area contributed by atoms with Crippen molar-refractivity contribution in [1.29, 1.82) is 0 Å². The molecule has 2 heterocycles. The van der Waals surface area contributed by atoms with Crippen LogP contribution in [0.15, 0.2) is 23.1 Å². The van der Waals surface area contributed by atoms with E-state index in [-0.39, 0.29) is 0 Å². The first-order chi connectivity index (χ1) is 11.8. The van der Waals surface area contributed by atoms with Gasteiger partial charge in [0.2, 0.25) is 0 Å². The van der Waals surface area contributed by atoms with Gasteiger partial charge in [-0.25, -0.2) is 8.51 Å². The third kappa shape index (κ3) is 2.92. The van der Waals surface area contributed by atoms with Gasteiger partial charge in [0.05, 0.1) is 9.71 Å². The zero-order chi connectivity index (χ0) is 16.4. The average Bonchev–Trinajstić information content (AvgIpc) is 3.03. The van der Waals surface area contributed by atoms with Crippen LogP contribution in [0.4, 0.5) is 0 Å². The maximum absolute atomic E-state index is 14.6. The fraction of sp³-hybridized carbons (Fsp3) is 0.632. The molecule has 4 rings (SSSR count). The van der Waals surface area contributed by atoms with E-state index in [2.05, 4.69) is 33.1 Å². The standard InChI is InChI=1S/C19H29N3OS/c23-24(17-6-1-2-7-17,22-13-4-10-20-12-14-22)19-8-3-5-16-15-21-11-9-18(16)19/h3,5,8,20-21H,1-2,4,6-7,9-15H2. The van der Waals surface area contributed by atoms with Crippen LogP contribution in [-0.2, 0) is 22.7 Å². The van der Waals surface area contributed by atoms with E-state index >= 15 is 0 Å². The molecule has 24 heavy (non-hydrogen) atoms. The Kier molecular flexibility index (Phi) is 4.95. The highest BCUT2D eigenvalue weighted by Crippen LogP contribution is 2.31. The second kappa shape index (κ2) is 7.16. The molecule has 4 nitrogen and oxygen atoms in total. The Morgan fingerprint density at radius 3 is 2.67 bits per heavy atom. The number of fused-ring (bicyclic) bond motifs is 1. The normalized spacial score (nSPS) is 25.1. The number of benzene rings is 1. The summed E-state index contributed by atoms with van der Waals surface area (Å²) in [5.74, 6) is 0. The van der Waals surface area contributed by atoms with Crippen LogP contribution in [0.1, 0.15) is 43.2 Å². The third-order valence-electron chi connectivity index (χ3n) is 5.61. The van der Waals surface area contributed by atoms with Gasteiger partial charge in [-0.05, 0) is 68.8 Å². The molecule has 132 valence electrons. The van der Waals surface area contributed by atoms with Crippen LogP contribution in [0.2, 0.25) is 0 Å². The van der Waals surface area contributed by atoms with Crippen LogP contribution < -0.4 is 10.6 Å². The molecule has 2 N–H and O–H groups in total. The zero-order valence-electron chi connectivity index (χ0n) is 14.5. The predicted octanol–water partition coefficient (Wildman–Crippen LogP) is 1.93. The molecule has 0 amide bonds. The van der Waals surface area contributed by atoms with Crippen LogP contribution in [0.5, 0.6) is 0 Å². The largest absolute Gasteiger partial charge is 0.315 e. The molecule has 2 aliphatic heterocycles. The topological polar surface area (TPSA) is 44.4 Å². The summed E-state index contributed by atoms with van der Waals surface area (Å²) >= 11 is 0. The van der Waals surface area contributed by atoms with Crippen LogP contribution in [0, 0.1) is 0 Å². The molecule has 1 atom stereocenters. The first-order valence-corrected chi connectivity index (χ1v) is 11.0. The Morgan fingerprint density at radius 2 is 1.79 bits per heavy atom. The summed E-state index contributed by atoms with van der Waals surface area (Å²) in [7, 11) is -2.23. The van der Waals surface area contributed by atoms with Crippen molar-refractivity contribution in [3.05, 3.63) is 29.3 Å². The number of nitrogens with zero attached hydrogens (tertiary/aromatic N) is 1. The van der Waals surface area contributed by atoms with Crippen LogP contribution in [-0.4, -0.2) is 46.1 Å². The molecule has 1 aromatic carbocycles. The van der Waals surface area contributed by atoms with E-state index in [1.807, 2.05) is 0 Å². The molecule has 1 unspecified atom stereocenters. The van der Waals surface area contributed by atoms with Crippen molar-refractivity contribution in [1.82, 2.24) is 14.9 Å². The summed E-state index contributed by atoms with van der Waals surface area (Å²) in [6.45, 7) is 5.73. The minimum absolute atomic E-state index is 0.893. The molecule has 0 radical (unpaired) electrons. The van der Waals surface area contributed by atoms with Crippen molar-refractivity contribution < 1.29 is 4.21 Å². The second-order valence-electron chi connectivity index (χ2n) is 7.12. The van der Waals surface area contributed by atoms with Crippen LogP contribution >= 0.6 is 0 Å². The fourth-order valence-electron chi connectivity index (χ4n) is 4.36. The van der Waals surface area contributed by atoms with E-state index in [0.717, 1.165) is 69.8 Å². The van der Waals surface area contributed by atoms with Gasteiger partial charge in [-0.15, -0.1) is 0 Å². The van der Waals surface area contributed by atoms with Crippen molar-refractivity contribution in [2.75, 3.05) is 32.7 Å². The summed E-state index contributed by atoms with van der Waals surface area (Å²) in [5, 5.41) is 6.92. The lowest BCUT2D eigenvalue weighted by atomic mass is 10.0. The molecule has 1 saturated carbocycles. The Hall–Kier alpha value is -0.880. The minimum Gasteiger partial charge on any atom is -0.315 e. The Bertz CT molecular complexity index is 705. The summed E-state index contributed by atoms with van der Waals surface area (Å²) in [6.07, 6.45) is 6.59. The Labute approximate surface area is 146 Å². The van der Waals surface area contributed by atoms with Crippen molar-refractivity contribution in [2.45, 2.75) is 50.0 Å². The Balaban J connectivity index is 1.88. The zero-order valence-corrected chi connectivity index (χ0v) is 15.3. The molecule has 0 bridgehead atoms. The molecule has 5 heteroatoms. The van der Waals surface area contributed by atoms with Gasteiger partial charge in [0.25, 0.3) is 0 Å². The summed E-state index contributed by atoms with van der Waals surface area (Å²) < 4.78 is 16.9. The number of nitrogens with one attached hydrogen (secondary N) is 2. The first-order valence-electron chi connectivity index (χ1n) is 9.46. The van der Waals surface area contributed by atoms with E-state index in [4.69, 9.17) is 0 Å². The van der Waals surface area contributed by atoms with Crippen molar-refractivity contribution in [3.63, 3.8) is 0 Å². The molecule has 1 saturated heterocycles. The van der Waals surface area contributed by atoms with Gasteiger partial charge in [-0.3, -0.25) is 0 Å². The van der Waals surface area contributed by atoms with E-state index in [0.29, 0.717) is 0 Å². The molecule has 0 spiro atoms. The van der Waals surface area contributed by atoms with Crippen molar-refractivity contribution in [2.24, 2.45) is 0 Å². The lowest BCUT2D eigenvalue weighted by Gasteiger charge is -2.31. The van der Waals surface area contributed by atoms with E-state index in [9.17, 15) is 4.21 Å². The van der Waals surface area contributed by atoms with E-state index < -0.39 is 9.71 Å². The van der Waals surface area contributed by atoms with Gasteiger partial charge >= 0.3 is 0 Å².